The molecule has 0 aliphatic rings. The molecule has 2 aromatic rings. The molecule has 0 unspecified atom stereocenters. The van der Waals surface area contributed by atoms with Crippen molar-refractivity contribution in [3.05, 3.63) is 63.9 Å². The number of nitrogens with zero attached hydrogens (tertiary/aromatic N) is 1. The van der Waals surface area contributed by atoms with Crippen LogP contribution in [0.3, 0.4) is 0 Å². The van der Waals surface area contributed by atoms with Gasteiger partial charge in [0.2, 0.25) is 0 Å². The van der Waals surface area contributed by atoms with E-state index in [1.54, 1.807) is 6.07 Å². The summed E-state index contributed by atoms with van der Waals surface area (Å²) in [4.78, 5) is 2.08. The van der Waals surface area contributed by atoms with E-state index in [1.165, 1.54) is 11.6 Å². The number of benzene rings is 2. The third kappa shape index (κ3) is 4.05. The van der Waals surface area contributed by atoms with Crippen LogP contribution in [0.25, 0.3) is 0 Å². The maximum absolute atomic E-state index is 14.1. The van der Waals surface area contributed by atoms with Gasteiger partial charge in [-0.15, -0.1) is 0 Å². The predicted octanol–water partition coefficient (Wildman–Crippen LogP) is 4.33. The van der Waals surface area contributed by atoms with E-state index < -0.39 is 0 Å². The fourth-order valence-electron chi connectivity index (χ4n) is 2.30. The molecule has 0 aromatic heterocycles. The van der Waals surface area contributed by atoms with Crippen molar-refractivity contribution in [3.8, 4) is 0 Å². The molecular weight excluding hydrogens is 331 g/mol. The van der Waals surface area contributed by atoms with Gasteiger partial charge in [-0.05, 0) is 30.3 Å². The summed E-state index contributed by atoms with van der Waals surface area (Å²) >= 11 is 3.56. The topological polar surface area (TPSA) is 15.3 Å². The highest BCUT2D eigenvalue weighted by atomic mass is 79.9. The van der Waals surface area contributed by atoms with Crippen molar-refractivity contribution in [2.75, 3.05) is 18.5 Å². The Kier molecular flexibility index (Phi) is 5.76. The number of halogens is 2. The molecule has 0 heterocycles. The molecule has 0 spiro atoms. The third-order valence-electron chi connectivity index (χ3n) is 3.42. The Morgan fingerprint density at radius 3 is 2.62 bits per heavy atom. The largest absolute Gasteiger partial charge is 0.370 e. The zero-order valence-corrected chi connectivity index (χ0v) is 14.0. The van der Waals surface area contributed by atoms with Gasteiger partial charge in [0.05, 0.1) is 0 Å². The van der Waals surface area contributed by atoms with E-state index in [2.05, 4.69) is 32.2 Å². The van der Waals surface area contributed by atoms with Crippen LogP contribution in [0.4, 0.5) is 10.1 Å². The van der Waals surface area contributed by atoms with E-state index in [9.17, 15) is 4.39 Å². The molecule has 0 aliphatic heterocycles. The van der Waals surface area contributed by atoms with Gasteiger partial charge in [0.1, 0.15) is 5.82 Å². The molecular formula is C17H20BrFN2. The zero-order chi connectivity index (χ0) is 15.2. The minimum absolute atomic E-state index is 0.160. The molecule has 4 heteroatoms. The van der Waals surface area contributed by atoms with Crippen molar-refractivity contribution >= 4 is 21.6 Å². The molecule has 0 radical (unpaired) electrons. The lowest BCUT2D eigenvalue weighted by atomic mass is 10.1. The van der Waals surface area contributed by atoms with Crippen molar-refractivity contribution in [3.63, 3.8) is 0 Å². The van der Waals surface area contributed by atoms with Gasteiger partial charge in [-0.1, -0.05) is 47.1 Å². The van der Waals surface area contributed by atoms with E-state index >= 15 is 0 Å². The second-order valence-corrected chi connectivity index (χ2v) is 5.82. The Morgan fingerprint density at radius 2 is 1.90 bits per heavy atom. The SMILES string of the molecule is CCNCc1c(F)cccc1N(C)Cc1ccccc1Br. The van der Waals surface area contributed by atoms with Crippen LogP contribution in [0.2, 0.25) is 0 Å². The van der Waals surface area contributed by atoms with E-state index in [0.29, 0.717) is 12.1 Å². The van der Waals surface area contributed by atoms with Gasteiger partial charge in [0, 0.05) is 35.9 Å². The molecule has 0 atom stereocenters. The number of nitrogens with one attached hydrogen (secondary N) is 1. The molecule has 0 bridgehead atoms. The second-order valence-electron chi connectivity index (χ2n) is 4.97. The molecule has 2 rings (SSSR count). The summed E-state index contributed by atoms with van der Waals surface area (Å²) in [6.45, 7) is 4.11. The summed E-state index contributed by atoms with van der Waals surface area (Å²) in [7, 11) is 1.99. The maximum atomic E-state index is 14.1. The van der Waals surface area contributed by atoms with Crippen molar-refractivity contribution in [1.82, 2.24) is 5.32 Å². The molecule has 2 nitrogen and oxygen atoms in total. The highest BCUT2D eigenvalue weighted by Gasteiger charge is 2.12. The van der Waals surface area contributed by atoms with E-state index in [1.807, 2.05) is 38.2 Å². The van der Waals surface area contributed by atoms with E-state index in [-0.39, 0.29) is 5.82 Å². The van der Waals surface area contributed by atoms with Gasteiger partial charge >= 0.3 is 0 Å². The Labute approximate surface area is 134 Å². The molecule has 2 aromatic carbocycles. The van der Waals surface area contributed by atoms with Crippen LogP contribution in [0.5, 0.6) is 0 Å². The van der Waals surface area contributed by atoms with Crippen LogP contribution in [0, 0.1) is 5.82 Å². The first-order chi connectivity index (χ1) is 10.1. The average Bonchev–Trinajstić information content (AvgIpc) is 2.48. The molecule has 1 N–H and O–H groups in total. The summed E-state index contributed by atoms with van der Waals surface area (Å²) in [5.41, 5.74) is 2.82. The van der Waals surface area contributed by atoms with Gasteiger partial charge in [-0.2, -0.15) is 0 Å². The Bertz CT molecular complexity index is 601. The molecule has 0 aliphatic carbocycles. The standard InChI is InChI=1S/C17H20BrFN2/c1-3-20-11-14-16(19)9-6-10-17(14)21(2)12-13-7-4-5-8-15(13)18/h4-10,20H,3,11-12H2,1-2H3. The van der Waals surface area contributed by atoms with Crippen molar-refractivity contribution in [2.45, 2.75) is 20.0 Å². The number of hydrogen-bond acceptors (Lipinski definition) is 2. The lowest BCUT2D eigenvalue weighted by Gasteiger charge is -2.23. The third-order valence-corrected chi connectivity index (χ3v) is 4.20. The Balaban J connectivity index is 2.24. The van der Waals surface area contributed by atoms with Crippen LogP contribution in [0.1, 0.15) is 18.1 Å². The first-order valence-electron chi connectivity index (χ1n) is 7.06. The maximum Gasteiger partial charge on any atom is 0.129 e. The highest BCUT2D eigenvalue weighted by molar-refractivity contribution is 9.10. The van der Waals surface area contributed by atoms with Crippen molar-refractivity contribution in [1.29, 1.82) is 0 Å². The smallest absolute Gasteiger partial charge is 0.129 e. The average molecular weight is 351 g/mol. The van der Waals surface area contributed by atoms with Gasteiger partial charge in [0.25, 0.3) is 0 Å². The zero-order valence-electron chi connectivity index (χ0n) is 12.4. The van der Waals surface area contributed by atoms with Crippen LogP contribution >= 0.6 is 15.9 Å². The van der Waals surface area contributed by atoms with E-state index in [0.717, 1.165) is 23.2 Å². The highest BCUT2D eigenvalue weighted by Crippen LogP contribution is 2.25. The first kappa shape index (κ1) is 16.0. The van der Waals surface area contributed by atoms with Crippen LogP contribution < -0.4 is 10.2 Å². The Morgan fingerprint density at radius 1 is 1.14 bits per heavy atom. The minimum Gasteiger partial charge on any atom is -0.370 e. The van der Waals surface area contributed by atoms with Crippen molar-refractivity contribution < 1.29 is 4.39 Å². The molecule has 0 saturated carbocycles. The van der Waals surface area contributed by atoms with Gasteiger partial charge in [-0.25, -0.2) is 4.39 Å². The number of hydrogen-bond donors (Lipinski definition) is 1. The summed E-state index contributed by atoms with van der Waals surface area (Å²) in [5.74, 6) is -0.160. The van der Waals surface area contributed by atoms with E-state index in [4.69, 9.17) is 0 Å². The number of rotatable bonds is 6. The predicted molar refractivity (Wildman–Crippen MR) is 90.0 cm³/mol. The number of anilines is 1. The Hall–Kier alpha value is -1.39. The fraction of sp³-hybridized carbons (Fsp3) is 0.294. The van der Waals surface area contributed by atoms with Gasteiger partial charge < -0.3 is 10.2 Å². The molecule has 0 saturated heterocycles. The molecule has 112 valence electrons. The van der Waals surface area contributed by atoms with Crippen LogP contribution in [-0.2, 0) is 13.1 Å². The summed E-state index contributed by atoms with van der Waals surface area (Å²) in [6, 6.07) is 13.3. The summed E-state index contributed by atoms with van der Waals surface area (Å²) in [5, 5.41) is 3.20. The summed E-state index contributed by atoms with van der Waals surface area (Å²) < 4.78 is 15.1. The monoisotopic (exact) mass is 350 g/mol. The summed E-state index contributed by atoms with van der Waals surface area (Å²) in [6.07, 6.45) is 0. The van der Waals surface area contributed by atoms with Crippen molar-refractivity contribution in [2.24, 2.45) is 0 Å². The van der Waals surface area contributed by atoms with Crippen LogP contribution in [0.15, 0.2) is 46.9 Å². The molecule has 0 amide bonds. The second kappa shape index (κ2) is 7.57. The van der Waals surface area contributed by atoms with Crippen LogP contribution in [-0.4, -0.2) is 13.6 Å². The fourth-order valence-corrected chi connectivity index (χ4v) is 2.71. The normalized spacial score (nSPS) is 10.7. The van der Waals surface area contributed by atoms with Gasteiger partial charge in [0.15, 0.2) is 0 Å². The molecule has 21 heavy (non-hydrogen) atoms. The first-order valence-corrected chi connectivity index (χ1v) is 7.85. The quantitative estimate of drug-likeness (QED) is 0.833. The van der Waals surface area contributed by atoms with Gasteiger partial charge in [-0.3, -0.25) is 0 Å². The molecule has 0 fully saturated rings. The lowest BCUT2D eigenvalue weighted by Crippen LogP contribution is -2.21. The minimum atomic E-state index is -0.160. The lowest BCUT2D eigenvalue weighted by molar-refractivity contribution is 0.592.